The topological polar surface area (TPSA) is 111 Å². The summed E-state index contributed by atoms with van der Waals surface area (Å²) in [5, 5.41) is 13.8. The van der Waals surface area contributed by atoms with E-state index in [1.165, 1.54) is 0 Å². The summed E-state index contributed by atoms with van der Waals surface area (Å²) in [7, 11) is 0. The van der Waals surface area contributed by atoms with Gasteiger partial charge in [0.1, 0.15) is 18.6 Å². The van der Waals surface area contributed by atoms with Crippen LogP contribution >= 0.6 is 0 Å². The Labute approximate surface area is 156 Å². The zero-order valence-electron chi connectivity index (χ0n) is 16.5. The highest BCUT2D eigenvalue weighted by atomic mass is 16.4. The molecule has 0 radical (unpaired) electrons. The number of carboxylic acids is 1. The van der Waals surface area contributed by atoms with Crippen LogP contribution in [-0.4, -0.2) is 72.8 Å². The number of unbranched alkanes of at least 4 members (excludes halogenated alkanes) is 1. The first-order valence-corrected chi connectivity index (χ1v) is 9.24. The molecule has 150 valence electrons. The van der Waals surface area contributed by atoms with Crippen molar-refractivity contribution in [1.29, 1.82) is 0 Å². The highest BCUT2D eigenvalue weighted by Gasteiger charge is 2.26. The molecule has 8 heteroatoms. The predicted molar refractivity (Wildman–Crippen MR) is 102 cm³/mol. The van der Waals surface area contributed by atoms with E-state index < -0.39 is 30.5 Å². The van der Waals surface area contributed by atoms with Gasteiger partial charge in [-0.15, -0.1) is 0 Å². The molecule has 0 bridgehead atoms. The number of amides is 2. The molecule has 0 aliphatic carbocycles. The molecule has 0 saturated carbocycles. The maximum atomic E-state index is 12.4. The van der Waals surface area contributed by atoms with Gasteiger partial charge in [0, 0.05) is 0 Å². The van der Waals surface area contributed by atoms with Crippen molar-refractivity contribution >= 4 is 24.5 Å². The fourth-order valence-corrected chi connectivity index (χ4v) is 2.63. The lowest BCUT2D eigenvalue weighted by atomic mass is 10.0. The average molecular weight is 370 g/mol. The number of carboxylic acid groups (broad SMARTS) is 1. The molecular weight excluding hydrogens is 336 g/mol. The summed E-state index contributed by atoms with van der Waals surface area (Å²) in [5.74, 6) is -2.03. The Bertz CT molecular complexity index is 464. The van der Waals surface area contributed by atoms with Crippen LogP contribution in [-0.2, 0) is 14.4 Å². The number of hydrogen-bond donors (Lipinski definition) is 3. The van der Waals surface area contributed by atoms with Gasteiger partial charge in [-0.3, -0.25) is 19.4 Å². The maximum Gasteiger partial charge on any atom is 0.322 e. The number of nitrogens with one attached hydrogen (secondary N) is 2. The molecule has 0 saturated heterocycles. The van der Waals surface area contributed by atoms with E-state index in [2.05, 4.69) is 41.1 Å². The molecule has 0 rings (SSSR count). The van der Waals surface area contributed by atoms with Gasteiger partial charge in [-0.1, -0.05) is 27.7 Å². The van der Waals surface area contributed by atoms with Crippen molar-refractivity contribution in [3.8, 4) is 0 Å². The van der Waals surface area contributed by atoms with E-state index in [0.717, 1.165) is 32.5 Å². The Morgan fingerprint density at radius 1 is 1.12 bits per heavy atom. The molecule has 26 heavy (non-hydrogen) atoms. The monoisotopic (exact) mass is 370 g/mol. The normalized spacial score (nSPS) is 13.3. The minimum Gasteiger partial charge on any atom is -0.480 e. The molecule has 0 spiro atoms. The molecule has 2 atom stereocenters. The third kappa shape index (κ3) is 9.50. The summed E-state index contributed by atoms with van der Waals surface area (Å²) in [5.41, 5.74) is 0. The Hall–Kier alpha value is -1.96. The van der Waals surface area contributed by atoms with Crippen LogP contribution < -0.4 is 10.6 Å². The lowest BCUT2D eigenvalue weighted by Gasteiger charge is -2.22. The molecule has 0 fully saturated rings. The van der Waals surface area contributed by atoms with Crippen molar-refractivity contribution in [2.75, 3.05) is 26.2 Å². The van der Waals surface area contributed by atoms with Crippen molar-refractivity contribution in [2.24, 2.45) is 10.9 Å². The van der Waals surface area contributed by atoms with Gasteiger partial charge in [0.05, 0.1) is 0 Å². The molecule has 0 aliphatic heterocycles. The number of carbonyl (C=O) groups is 3. The van der Waals surface area contributed by atoms with Gasteiger partial charge in [-0.2, -0.15) is 0 Å². The van der Waals surface area contributed by atoms with Crippen LogP contribution in [0, 0.1) is 5.92 Å². The van der Waals surface area contributed by atoms with Gasteiger partial charge in [0.2, 0.25) is 11.8 Å². The van der Waals surface area contributed by atoms with Crippen LogP contribution in [0.25, 0.3) is 0 Å². The van der Waals surface area contributed by atoms with Crippen LogP contribution in [0.5, 0.6) is 0 Å². The Balaban J connectivity index is 4.78. The molecule has 0 aliphatic rings. The second-order valence-electron chi connectivity index (χ2n) is 6.57. The molecule has 0 unspecified atom stereocenters. The van der Waals surface area contributed by atoms with Crippen molar-refractivity contribution < 1.29 is 19.5 Å². The number of aliphatic carboxylic acids is 1. The van der Waals surface area contributed by atoms with E-state index in [0.29, 0.717) is 6.42 Å². The van der Waals surface area contributed by atoms with Gasteiger partial charge in [0.15, 0.2) is 0 Å². The van der Waals surface area contributed by atoms with Crippen molar-refractivity contribution in [3.05, 3.63) is 0 Å². The molecular formula is C18H34N4O4. The van der Waals surface area contributed by atoms with E-state index >= 15 is 0 Å². The predicted octanol–water partition coefficient (Wildman–Crippen LogP) is 0.909. The summed E-state index contributed by atoms with van der Waals surface area (Å²) in [6.07, 6.45) is 2.09. The van der Waals surface area contributed by atoms with E-state index in [9.17, 15) is 14.4 Å². The fourth-order valence-electron chi connectivity index (χ4n) is 2.63. The van der Waals surface area contributed by atoms with E-state index in [4.69, 9.17) is 5.11 Å². The van der Waals surface area contributed by atoms with Crippen molar-refractivity contribution in [1.82, 2.24) is 15.5 Å². The van der Waals surface area contributed by atoms with Gasteiger partial charge < -0.3 is 20.6 Å². The minimum atomic E-state index is -1.13. The molecule has 0 heterocycles. The number of nitrogens with zero attached hydrogens (tertiary/aromatic N) is 2. The van der Waals surface area contributed by atoms with Crippen LogP contribution in [0.2, 0.25) is 0 Å². The third-order valence-electron chi connectivity index (χ3n) is 4.26. The number of hydrogen-bond acceptors (Lipinski definition) is 5. The Morgan fingerprint density at radius 2 is 1.73 bits per heavy atom. The molecule has 0 aromatic heterocycles. The van der Waals surface area contributed by atoms with Crippen molar-refractivity contribution in [3.63, 3.8) is 0 Å². The first-order valence-electron chi connectivity index (χ1n) is 9.24. The number of rotatable bonds is 14. The smallest absolute Gasteiger partial charge is 0.322 e. The minimum absolute atomic E-state index is 0.0436. The fraction of sp³-hybridized carbons (Fsp3) is 0.778. The summed E-state index contributed by atoms with van der Waals surface area (Å²) in [6, 6.07) is -1.41. The van der Waals surface area contributed by atoms with Crippen molar-refractivity contribution in [2.45, 2.75) is 59.0 Å². The maximum absolute atomic E-state index is 12.4. The summed E-state index contributed by atoms with van der Waals surface area (Å²) < 4.78 is 0. The summed E-state index contributed by atoms with van der Waals surface area (Å²) in [4.78, 5) is 41.4. The SMILES string of the molecule is C=N[C@H](C(=O)N[C@@H](CCCCN(CC)CC)C(=O)NCC(=O)O)C(C)C. The van der Waals surface area contributed by atoms with Crippen LogP contribution in [0.15, 0.2) is 4.99 Å². The van der Waals surface area contributed by atoms with Gasteiger partial charge in [0.25, 0.3) is 0 Å². The van der Waals surface area contributed by atoms with Crippen LogP contribution in [0.1, 0.15) is 47.0 Å². The molecule has 0 aromatic carbocycles. The highest BCUT2D eigenvalue weighted by molar-refractivity contribution is 5.91. The van der Waals surface area contributed by atoms with E-state index in [1.54, 1.807) is 0 Å². The lowest BCUT2D eigenvalue weighted by Crippen LogP contribution is -2.51. The summed E-state index contributed by atoms with van der Waals surface area (Å²) >= 11 is 0. The zero-order chi connectivity index (χ0) is 20.1. The van der Waals surface area contributed by atoms with Crippen LogP contribution in [0.3, 0.4) is 0 Å². The first kappa shape index (κ1) is 24.0. The van der Waals surface area contributed by atoms with Gasteiger partial charge in [-0.25, -0.2) is 0 Å². The standard InChI is InChI=1S/C18H34N4O4/c1-6-22(7-2)11-9-8-10-14(17(25)20-12-15(23)24)21-18(26)16(19-5)13(3)4/h13-14,16H,5-12H2,1-4H3,(H,20,25)(H,21,26)(H,23,24)/t14-,16-/m0/s1. The van der Waals surface area contributed by atoms with Crippen LogP contribution in [0.4, 0.5) is 0 Å². The number of aliphatic imine (C=N–C) groups is 1. The summed E-state index contributed by atoms with van der Waals surface area (Å²) in [6.45, 7) is 13.7. The lowest BCUT2D eigenvalue weighted by molar-refractivity contribution is -0.138. The average Bonchev–Trinajstić information content (AvgIpc) is 2.58. The second kappa shape index (κ2) is 13.3. The molecule has 8 nitrogen and oxygen atoms in total. The van der Waals surface area contributed by atoms with E-state index in [1.807, 2.05) is 13.8 Å². The van der Waals surface area contributed by atoms with Gasteiger partial charge in [-0.05, 0) is 51.5 Å². The quantitative estimate of drug-likeness (QED) is 0.311. The second-order valence-corrected chi connectivity index (χ2v) is 6.57. The highest BCUT2D eigenvalue weighted by Crippen LogP contribution is 2.09. The molecule has 3 N–H and O–H groups in total. The largest absolute Gasteiger partial charge is 0.480 e. The first-order chi connectivity index (χ1) is 12.3. The Kier molecular flexibility index (Phi) is 12.3. The van der Waals surface area contributed by atoms with Gasteiger partial charge >= 0.3 is 5.97 Å². The molecule has 0 aromatic rings. The molecule has 2 amide bonds. The number of carbonyl (C=O) groups excluding carboxylic acids is 2. The zero-order valence-corrected chi connectivity index (χ0v) is 16.5. The van der Waals surface area contributed by atoms with E-state index in [-0.39, 0.29) is 11.8 Å². The third-order valence-corrected chi connectivity index (χ3v) is 4.26. The Morgan fingerprint density at radius 3 is 2.19 bits per heavy atom.